The van der Waals surface area contributed by atoms with Gasteiger partial charge in [-0.15, -0.1) is 11.3 Å². The van der Waals surface area contributed by atoms with Gasteiger partial charge in [0.15, 0.2) is 11.5 Å². The first-order valence-corrected chi connectivity index (χ1v) is 15.6. The van der Waals surface area contributed by atoms with Crippen LogP contribution in [0.3, 0.4) is 0 Å². The van der Waals surface area contributed by atoms with Gasteiger partial charge in [-0.25, -0.2) is 13.1 Å². The van der Waals surface area contributed by atoms with E-state index < -0.39 is 27.9 Å². The molecule has 0 spiro atoms. The quantitative estimate of drug-likeness (QED) is 0.204. The summed E-state index contributed by atoms with van der Waals surface area (Å²) in [5, 5.41) is 1.70. The van der Waals surface area contributed by atoms with E-state index in [4.69, 9.17) is 14.2 Å². The van der Waals surface area contributed by atoms with Crippen molar-refractivity contribution in [2.75, 3.05) is 48.0 Å². The van der Waals surface area contributed by atoms with Crippen molar-refractivity contribution in [3.05, 3.63) is 70.6 Å². The van der Waals surface area contributed by atoms with Crippen LogP contribution in [0, 0.1) is 0 Å². The Morgan fingerprint density at radius 2 is 1.73 bits per heavy atom. The average molecular weight is 602 g/mol. The molecule has 2 amide bonds. The molecular formula is C29H35N3O7S2. The molecule has 0 aliphatic carbocycles. The molecule has 0 saturated heterocycles. The van der Waals surface area contributed by atoms with Gasteiger partial charge in [-0.2, -0.15) is 0 Å². The SMILES string of the molecule is COc1ccc([C@@H](CCCNS(=O)(=O)c2cccs2)N2C(=O)c3cccc(OCCCN(C)C)c3C2=O)cc1OC. The number of benzene rings is 2. The van der Waals surface area contributed by atoms with Crippen molar-refractivity contribution in [1.29, 1.82) is 0 Å². The zero-order valence-corrected chi connectivity index (χ0v) is 25.2. The van der Waals surface area contributed by atoms with E-state index in [9.17, 15) is 18.0 Å². The molecule has 0 bridgehead atoms. The predicted octanol–water partition coefficient (Wildman–Crippen LogP) is 4.19. The van der Waals surface area contributed by atoms with Crippen LogP contribution in [0.4, 0.5) is 0 Å². The van der Waals surface area contributed by atoms with Gasteiger partial charge in [0.1, 0.15) is 9.96 Å². The molecular weight excluding hydrogens is 566 g/mol. The first-order chi connectivity index (χ1) is 19.7. The second-order valence-electron chi connectivity index (χ2n) is 9.77. The number of imide groups is 1. The minimum atomic E-state index is -3.64. The molecule has 10 nitrogen and oxygen atoms in total. The molecule has 1 atom stereocenters. The topological polar surface area (TPSA) is 114 Å². The number of ether oxygens (including phenoxy) is 3. The van der Waals surface area contributed by atoms with Crippen molar-refractivity contribution in [1.82, 2.24) is 14.5 Å². The van der Waals surface area contributed by atoms with Gasteiger partial charge in [0.25, 0.3) is 11.8 Å². The molecule has 1 aliphatic rings. The highest BCUT2D eigenvalue weighted by Crippen LogP contribution is 2.40. The highest BCUT2D eigenvalue weighted by Gasteiger charge is 2.42. The van der Waals surface area contributed by atoms with E-state index in [0.717, 1.165) is 24.3 Å². The van der Waals surface area contributed by atoms with Crippen LogP contribution in [-0.4, -0.2) is 78.0 Å². The van der Waals surface area contributed by atoms with Gasteiger partial charge in [0, 0.05) is 13.1 Å². The summed E-state index contributed by atoms with van der Waals surface area (Å²) in [4.78, 5) is 30.8. The van der Waals surface area contributed by atoms with E-state index in [-0.39, 0.29) is 21.9 Å². The summed E-state index contributed by atoms with van der Waals surface area (Å²) in [6, 6.07) is 12.8. The second kappa shape index (κ2) is 13.5. The summed E-state index contributed by atoms with van der Waals surface area (Å²) in [5.41, 5.74) is 1.18. The minimum Gasteiger partial charge on any atom is -0.493 e. The van der Waals surface area contributed by atoms with Crippen LogP contribution < -0.4 is 18.9 Å². The number of methoxy groups -OCH3 is 2. The Hall–Kier alpha value is -3.45. The molecule has 41 heavy (non-hydrogen) atoms. The average Bonchev–Trinajstić information content (AvgIpc) is 3.59. The molecule has 0 radical (unpaired) electrons. The van der Waals surface area contributed by atoms with Gasteiger partial charge in [-0.1, -0.05) is 18.2 Å². The van der Waals surface area contributed by atoms with Gasteiger partial charge in [0.05, 0.1) is 38.0 Å². The van der Waals surface area contributed by atoms with E-state index in [2.05, 4.69) is 4.72 Å². The van der Waals surface area contributed by atoms with Gasteiger partial charge < -0.3 is 19.1 Å². The summed E-state index contributed by atoms with van der Waals surface area (Å²) in [7, 11) is 3.35. The van der Waals surface area contributed by atoms with Crippen molar-refractivity contribution in [3.63, 3.8) is 0 Å². The zero-order valence-electron chi connectivity index (χ0n) is 23.6. The number of nitrogens with one attached hydrogen (secondary N) is 1. The lowest BCUT2D eigenvalue weighted by Gasteiger charge is -2.27. The van der Waals surface area contributed by atoms with Gasteiger partial charge >= 0.3 is 0 Å². The molecule has 12 heteroatoms. The monoisotopic (exact) mass is 601 g/mol. The number of hydrogen-bond donors (Lipinski definition) is 1. The van der Waals surface area contributed by atoms with Crippen LogP contribution >= 0.6 is 11.3 Å². The van der Waals surface area contributed by atoms with E-state index in [1.165, 1.54) is 19.1 Å². The molecule has 220 valence electrons. The molecule has 1 aromatic heterocycles. The molecule has 3 aromatic rings. The fourth-order valence-corrected chi connectivity index (χ4v) is 6.84. The van der Waals surface area contributed by atoms with Crippen LogP contribution in [-0.2, 0) is 10.0 Å². The van der Waals surface area contributed by atoms with Crippen molar-refractivity contribution < 1.29 is 32.2 Å². The Morgan fingerprint density at radius 3 is 2.41 bits per heavy atom. The highest BCUT2D eigenvalue weighted by atomic mass is 32.2. The maximum atomic E-state index is 13.9. The Morgan fingerprint density at radius 1 is 0.951 bits per heavy atom. The van der Waals surface area contributed by atoms with E-state index in [1.807, 2.05) is 19.0 Å². The number of amides is 2. The van der Waals surface area contributed by atoms with E-state index in [1.54, 1.807) is 53.9 Å². The third-order valence-electron chi connectivity index (χ3n) is 6.73. The standard InChI is InChI=1S/C29H35N3O7S2/c1-31(2)16-8-17-39-24-11-5-9-21-27(24)29(34)32(28(21)33)22(20-13-14-23(37-3)25(19-20)38-4)10-6-15-30-41(35,36)26-12-7-18-40-26/h5,7,9,11-14,18-19,22,30H,6,8,10,15-17H2,1-4H3/t22-/m1/s1. The number of nitrogens with zero attached hydrogens (tertiary/aromatic N) is 2. The fraction of sp³-hybridized carbons (Fsp3) is 0.379. The van der Waals surface area contributed by atoms with Crippen LogP contribution in [0.5, 0.6) is 17.2 Å². The van der Waals surface area contributed by atoms with Crippen molar-refractivity contribution in [3.8, 4) is 17.2 Å². The molecule has 0 saturated carbocycles. The first kappa shape index (κ1) is 30.5. The summed E-state index contributed by atoms with van der Waals surface area (Å²) >= 11 is 1.13. The minimum absolute atomic E-state index is 0.132. The Labute approximate surface area is 244 Å². The van der Waals surface area contributed by atoms with Crippen LogP contribution in [0.15, 0.2) is 58.1 Å². The lowest BCUT2D eigenvalue weighted by Crippen LogP contribution is -2.35. The third-order valence-corrected chi connectivity index (χ3v) is 9.58. The third kappa shape index (κ3) is 6.89. The maximum Gasteiger partial charge on any atom is 0.265 e. The Bertz CT molecular complexity index is 1470. The van der Waals surface area contributed by atoms with Gasteiger partial charge in [-0.05, 0) is 74.6 Å². The number of carbonyl (C=O) groups is 2. The molecule has 2 aromatic carbocycles. The predicted molar refractivity (Wildman–Crippen MR) is 157 cm³/mol. The maximum absolute atomic E-state index is 13.9. The highest BCUT2D eigenvalue weighted by molar-refractivity contribution is 7.91. The summed E-state index contributed by atoms with van der Waals surface area (Å²) in [6.07, 6.45) is 1.44. The molecule has 1 aliphatic heterocycles. The smallest absolute Gasteiger partial charge is 0.265 e. The number of fused-ring (bicyclic) bond motifs is 1. The van der Waals surface area contributed by atoms with Crippen molar-refractivity contribution in [2.45, 2.75) is 29.5 Å². The van der Waals surface area contributed by atoms with Gasteiger partial charge in [0.2, 0.25) is 10.0 Å². The molecule has 0 fully saturated rings. The summed E-state index contributed by atoms with van der Waals surface area (Å²) in [5.74, 6) is 0.455. The molecule has 1 N–H and O–H groups in total. The van der Waals surface area contributed by atoms with E-state index in [0.29, 0.717) is 42.3 Å². The lowest BCUT2D eigenvalue weighted by molar-refractivity contribution is 0.0571. The number of sulfonamides is 1. The Kier molecular flexibility index (Phi) is 10.0. The van der Waals surface area contributed by atoms with Crippen LogP contribution in [0.1, 0.15) is 51.6 Å². The second-order valence-corrected chi connectivity index (χ2v) is 12.7. The normalized spacial score (nSPS) is 13.9. The van der Waals surface area contributed by atoms with Crippen molar-refractivity contribution in [2.24, 2.45) is 0 Å². The summed E-state index contributed by atoms with van der Waals surface area (Å²) < 4.78 is 44.8. The largest absolute Gasteiger partial charge is 0.493 e. The first-order valence-electron chi connectivity index (χ1n) is 13.2. The van der Waals surface area contributed by atoms with Crippen LogP contribution in [0.25, 0.3) is 0 Å². The molecule has 2 heterocycles. The molecule has 4 rings (SSSR count). The summed E-state index contributed by atoms with van der Waals surface area (Å²) in [6.45, 7) is 1.36. The van der Waals surface area contributed by atoms with Crippen LogP contribution in [0.2, 0.25) is 0 Å². The zero-order chi connectivity index (χ0) is 29.6. The fourth-order valence-electron chi connectivity index (χ4n) is 4.73. The number of thiophene rings is 1. The van der Waals surface area contributed by atoms with Gasteiger partial charge in [-0.3, -0.25) is 14.5 Å². The number of carbonyl (C=O) groups excluding carboxylic acids is 2. The number of hydrogen-bond acceptors (Lipinski definition) is 9. The van der Waals surface area contributed by atoms with Crippen molar-refractivity contribution >= 4 is 33.2 Å². The van der Waals surface area contributed by atoms with E-state index >= 15 is 0 Å². The molecule has 0 unspecified atom stereocenters. The number of rotatable bonds is 15. The lowest BCUT2D eigenvalue weighted by atomic mass is 9.99. The Balaban J connectivity index is 1.59.